The maximum atomic E-state index is 12.6. The van der Waals surface area contributed by atoms with Gasteiger partial charge in [-0.15, -0.1) is 11.3 Å². The number of thiazole rings is 1. The molecule has 3 rings (SSSR count). The minimum Gasteiger partial charge on any atom is -0.324 e. The van der Waals surface area contributed by atoms with Crippen LogP contribution in [0.2, 0.25) is 0 Å². The monoisotopic (exact) mass is 343 g/mol. The highest BCUT2D eigenvalue weighted by Crippen LogP contribution is 2.31. The van der Waals surface area contributed by atoms with E-state index in [-0.39, 0.29) is 11.9 Å². The first kappa shape index (κ1) is 17.1. The van der Waals surface area contributed by atoms with Gasteiger partial charge >= 0.3 is 0 Å². The topological polar surface area (TPSA) is 45.2 Å². The van der Waals surface area contributed by atoms with Crippen LogP contribution in [0.1, 0.15) is 41.9 Å². The predicted molar refractivity (Wildman–Crippen MR) is 99.7 cm³/mol. The van der Waals surface area contributed by atoms with Gasteiger partial charge in [-0.25, -0.2) is 4.98 Å². The van der Waals surface area contributed by atoms with Crippen molar-refractivity contribution >= 4 is 22.9 Å². The van der Waals surface area contributed by atoms with Crippen LogP contribution in [0.3, 0.4) is 0 Å². The molecule has 0 saturated carbocycles. The van der Waals surface area contributed by atoms with Crippen molar-refractivity contribution in [2.75, 3.05) is 18.4 Å². The fourth-order valence-electron chi connectivity index (χ4n) is 3.21. The molecule has 0 aliphatic carbocycles. The molecule has 1 aliphatic heterocycles. The van der Waals surface area contributed by atoms with Crippen molar-refractivity contribution < 1.29 is 4.79 Å². The first-order valence-electron chi connectivity index (χ1n) is 8.57. The minimum absolute atomic E-state index is 0.0767. The Morgan fingerprint density at radius 2 is 2.00 bits per heavy atom. The van der Waals surface area contributed by atoms with Gasteiger partial charge in [0.1, 0.15) is 0 Å². The van der Waals surface area contributed by atoms with Crippen molar-refractivity contribution in [1.29, 1.82) is 0 Å². The molecule has 0 unspecified atom stereocenters. The molecular formula is C19H25N3OS. The Labute approximate surface area is 147 Å². The molecule has 0 radical (unpaired) electrons. The number of para-hydroxylation sites is 1. The van der Waals surface area contributed by atoms with Crippen LogP contribution in [0.5, 0.6) is 0 Å². The number of nitrogens with one attached hydrogen (secondary N) is 1. The molecule has 2 heterocycles. The number of rotatable bonds is 4. The summed E-state index contributed by atoms with van der Waals surface area (Å²) in [6.07, 6.45) is 2.16. The lowest BCUT2D eigenvalue weighted by Gasteiger charge is -2.34. The van der Waals surface area contributed by atoms with Crippen molar-refractivity contribution in [3.8, 4) is 0 Å². The lowest BCUT2D eigenvalue weighted by molar-refractivity contribution is -0.121. The average Bonchev–Trinajstić information content (AvgIpc) is 3.03. The number of nitrogens with zero attached hydrogens (tertiary/aromatic N) is 2. The van der Waals surface area contributed by atoms with Crippen LogP contribution in [0.25, 0.3) is 0 Å². The zero-order valence-electron chi connectivity index (χ0n) is 14.6. The lowest BCUT2D eigenvalue weighted by atomic mass is 9.96. The number of likely N-dealkylation sites (tertiary alicyclic amines) is 1. The fourth-order valence-corrected chi connectivity index (χ4v) is 4.18. The summed E-state index contributed by atoms with van der Waals surface area (Å²) in [7, 11) is 0. The Kier molecular flexibility index (Phi) is 5.31. The van der Waals surface area contributed by atoms with Gasteiger partial charge in [0.2, 0.25) is 5.91 Å². The minimum atomic E-state index is -0.108. The van der Waals surface area contributed by atoms with Crippen LogP contribution in [0, 0.1) is 13.8 Å². The number of amides is 1. The second-order valence-electron chi connectivity index (χ2n) is 6.62. The summed E-state index contributed by atoms with van der Waals surface area (Å²) < 4.78 is 0. The molecule has 1 saturated heterocycles. The first-order chi connectivity index (χ1) is 11.5. The molecule has 0 bridgehead atoms. The molecule has 5 heteroatoms. The summed E-state index contributed by atoms with van der Waals surface area (Å²) in [5.41, 5.74) is 3.11. The zero-order valence-corrected chi connectivity index (χ0v) is 15.4. The number of aromatic nitrogens is 1. The highest BCUT2D eigenvalue weighted by molar-refractivity contribution is 7.09. The van der Waals surface area contributed by atoms with Crippen molar-refractivity contribution in [3.05, 3.63) is 45.9 Å². The van der Waals surface area contributed by atoms with Gasteiger partial charge in [-0.3, -0.25) is 9.69 Å². The summed E-state index contributed by atoms with van der Waals surface area (Å²) in [5.74, 6) is 0.624. The van der Waals surface area contributed by atoms with E-state index in [1.165, 1.54) is 5.01 Å². The Bertz CT molecular complexity index is 704. The van der Waals surface area contributed by atoms with Gasteiger partial charge in [-0.1, -0.05) is 18.2 Å². The van der Waals surface area contributed by atoms with Crippen LogP contribution < -0.4 is 5.32 Å². The van der Waals surface area contributed by atoms with Gasteiger partial charge in [0.05, 0.1) is 11.0 Å². The quantitative estimate of drug-likeness (QED) is 0.914. The van der Waals surface area contributed by atoms with Gasteiger partial charge < -0.3 is 5.32 Å². The highest BCUT2D eigenvalue weighted by atomic mass is 32.1. The molecule has 1 aromatic carbocycles. The molecule has 1 N–H and O–H groups in total. The van der Waals surface area contributed by atoms with Crippen LogP contribution in [-0.2, 0) is 4.79 Å². The van der Waals surface area contributed by atoms with Gasteiger partial charge in [-0.05, 0) is 58.3 Å². The summed E-state index contributed by atoms with van der Waals surface area (Å²) in [5, 5.41) is 6.44. The van der Waals surface area contributed by atoms with Gasteiger partial charge in [0.15, 0.2) is 0 Å². The number of aryl methyl sites for hydroxylation is 2. The Morgan fingerprint density at radius 3 is 2.62 bits per heavy atom. The van der Waals surface area contributed by atoms with Crippen molar-refractivity contribution in [1.82, 2.24) is 9.88 Å². The molecule has 4 nitrogen and oxygen atoms in total. The maximum Gasteiger partial charge on any atom is 0.241 e. The number of piperidine rings is 1. The van der Waals surface area contributed by atoms with Gasteiger partial charge in [-0.2, -0.15) is 0 Å². The number of benzene rings is 1. The van der Waals surface area contributed by atoms with Gasteiger partial charge in [0, 0.05) is 22.7 Å². The largest absolute Gasteiger partial charge is 0.324 e. The van der Waals surface area contributed by atoms with Crippen LogP contribution in [0.4, 0.5) is 5.69 Å². The molecule has 24 heavy (non-hydrogen) atoms. The van der Waals surface area contributed by atoms with E-state index < -0.39 is 0 Å². The lowest BCUT2D eigenvalue weighted by Crippen LogP contribution is -2.45. The Hall–Kier alpha value is -1.72. The summed E-state index contributed by atoms with van der Waals surface area (Å²) >= 11 is 1.77. The zero-order chi connectivity index (χ0) is 17.1. The number of anilines is 1. The number of hydrogen-bond acceptors (Lipinski definition) is 4. The normalized spacial score (nSPS) is 17.6. The smallest absolute Gasteiger partial charge is 0.241 e. The maximum absolute atomic E-state index is 12.6. The number of hydrogen-bond donors (Lipinski definition) is 1. The first-order valence-corrected chi connectivity index (χ1v) is 9.45. The molecular weight excluding hydrogens is 318 g/mol. The van der Waals surface area contributed by atoms with E-state index in [9.17, 15) is 4.79 Å². The third-order valence-electron chi connectivity index (χ3n) is 4.85. The Balaban J connectivity index is 1.55. The Morgan fingerprint density at radius 1 is 1.29 bits per heavy atom. The summed E-state index contributed by atoms with van der Waals surface area (Å²) in [6.45, 7) is 7.97. The molecule has 2 aromatic rings. The second kappa shape index (κ2) is 7.45. The average molecular weight is 343 g/mol. The van der Waals surface area contributed by atoms with Crippen molar-refractivity contribution in [2.24, 2.45) is 0 Å². The molecule has 1 fully saturated rings. The van der Waals surface area contributed by atoms with Crippen LogP contribution >= 0.6 is 11.3 Å². The molecule has 0 spiro atoms. The third kappa shape index (κ3) is 3.84. The second-order valence-corrected chi connectivity index (χ2v) is 7.51. The summed E-state index contributed by atoms with van der Waals surface area (Å²) in [6, 6.07) is 7.80. The molecule has 1 amide bonds. The predicted octanol–water partition coefficient (Wildman–Crippen LogP) is 3.97. The summed E-state index contributed by atoms with van der Waals surface area (Å²) in [4.78, 5) is 19.5. The third-order valence-corrected chi connectivity index (χ3v) is 5.97. The number of carbonyl (C=O) groups excluding carboxylic acids is 1. The van der Waals surface area contributed by atoms with Crippen molar-refractivity contribution in [2.45, 2.75) is 45.6 Å². The highest BCUT2D eigenvalue weighted by Gasteiger charge is 2.28. The van der Waals surface area contributed by atoms with E-state index in [2.05, 4.69) is 20.6 Å². The van der Waals surface area contributed by atoms with Gasteiger partial charge in [0.25, 0.3) is 0 Å². The van der Waals surface area contributed by atoms with Crippen LogP contribution in [0.15, 0.2) is 29.6 Å². The van der Waals surface area contributed by atoms with Crippen molar-refractivity contribution in [3.63, 3.8) is 0 Å². The van der Waals surface area contributed by atoms with E-state index in [4.69, 9.17) is 0 Å². The van der Waals surface area contributed by atoms with Crippen LogP contribution in [-0.4, -0.2) is 34.9 Å². The number of carbonyl (C=O) groups is 1. The van der Waals surface area contributed by atoms with E-state index in [1.807, 2.05) is 45.0 Å². The SMILES string of the molecule is Cc1csc(C2CCN([C@@H](C)C(=O)Nc3ccccc3C)CC2)n1. The molecule has 1 atom stereocenters. The fraction of sp³-hybridized carbons (Fsp3) is 0.474. The van der Waals surface area contributed by atoms with E-state index in [0.717, 1.165) is 42.9 Å². The van der Waals surface area contributed by atoms with E-state index in [1.54, 1.807) is 11.3 Å². The molecule has 1 aromatic heterocycles. The van der Waals surface area contributed by atoms with E-state index in [0.29, 0.717) is 5.92 Å². The molecule has 128 valence electrons. The molecule has 1 aliphatic rings. The van der Waals surface area contributed by atoms with E-state index >= 15 is 0 Å². The standard InChI is InChI=1S/C19H25N3OS/c1-13-6-4-5-7-17(13)21-18(23)15(3)22-10-8-16(9-11-22)19-20-14(2)12-24-19/h4-7,12,15-16H,8-11H2,1-3H3,(H,21,23)/t15-/m0/s1.